The molecule has 1 fully saturated rings. The number of primary amides is 1. The lowest BCUT2D eigenvalue weighted by Crippen LogP contribution is -2.43. The smallest absolute Gasteiger partial charge is 0.318 e. The second-order valence-electron chi connectivity index (χ2n) is 4.60. The predicted octanol–water partition coefficient (Wildman–Crippen LogP) is 1.32. The maximum Gasteiger partial charge on any atom is 0.318 e. The average molecular weight is 289 g/mol. The monoisotopic (exact) mass is 289 g/mol. The molecule has 102 valence electrons. The fourth-order valence-corrected chi connectivity index (χ4v) is 3.25. The summed E-state index contributed by atoms with van der Waals surface area (Å²) in [4.78, 5) is 24.7. The zero-order chi connectivity index (χ0) is 13.7. The largest absolute Gasteiger partial charge is 0.358 e. The zero-order valence-electron chi connectivity index (χ0n) is 10.6. The zero-order valence-corrected chi connectivity index (χ0v) is 12.3. The van der Waals surface area contributed by atoms with E-state index in [0.29, 0.717) is 0 Å². The number of carbonyl (C=O) groups is 2. The molecule has 0 aliphatic carbocycles. The van der Waals surface area contributed by atoms with E-state index in [9.17, 15) is 9.59 Å². The number of imide groups is 1. The van der Waals surface area contributed by atoms with Crippen LogP contribution in [0.25, 0.3) is 0 Å². The third-order valence-electron chi connectivity index (χ3n) is 2.70. The molecule has 0 bridgehead atoms. The molecule has 0 aromatic carbocycles. The van der Waals surface area contributed by atoms with Gasteiger partial charge in [-0.3, -0.25) is 10.1 Å². The molecule has 1 saturated heterocycles. The third kappa shape index (κ3) is 4.45. The summed E-state index contributed by atoms with van der Waals surface area (Å²) >= 11 is 6.67. The van der Waals surface area contributed by atoms with Gasteiger partial charge in [0.15, 0.2) is 0 Å². The van der Waals surface area contributed by atoms with Gasteiger partial charge in [-0.05, 0) is 18.8 Å². The summed E-state index contributed by atoms with van der Waals surface area (Å²) in [5.41, 5.74) is 4.96. The first-order valence-electron chi connectivity index (χ1n) is 5.97. The van der Waals surface area contributed by atoms with Gasteiger partial charge in [-0.15, -0.1) is 0 Å². The number of urea groups is 1. The van der Waals surface area contributed by atoms with E-state index < -0.39 is 6.03 Å². The second kappa shape index (κ2) is 6.94. The van der Waals surface area contributed by atoms with Gasteiger partial charge in [-0.1, -0.05) is 37.8 Å². The third-order valence-corrected chi connectivity index (χ3v) is 4.72. The molecule has 1 aliphatic heterocycles. The Hall–Kier alpha value is -0.820. The number of nitrogens with two attached hydrogens (primary N) is 1. The molecule has 18 heavy (non-hydrogen) atoms. The van der Waals surface area contributed by atoms with Crippen LogP contribution >= 0.6 is 24.0 Å². The van der Waals surface area contributed by atoms with Gasteiger partial charge < -0.3 is 10.6 Å². The van der Waals surface area contributed by atoms with Crippen LogP contribution in [0.3, 0.4) is 0 Å². The van der Waals surface area contributed by atoms with Crippen molar-refractivity contribution in [3.8, 4) is 0 Å². The Labute approximate surface area is 117 Å². The van der Waals surface area contributed by atoms with Gasteiger partial charge in [0, 0.05) is 13.1 Å². The molecule has 1 heterocycles. The van der Waals surface area contributed by atoms with Crippen LogP contribution in [0.5, 0.6) is 0 Å². The number of amides is 3. The molecule has 0 unspecified atom stereocenters. The Morgan fingerprint density at radius 2 is 1.89 bits per heavy atom. The van der Waals surface area contributed by atoms with E-state index in [1.807, 2.05) is 13.8 Å². The summed E-state index contributed by atoms with van der Waals surface area (Å²) in [6, 6.07) is -0.821. The molecular weight excluding hydrogens is 270 g/mol. The lowest BCUT2D eigenvalue weighted by molar-refractivity contribution is -0.120. The first-order valence-corrected chi connectivity index (χ1v) is 7.26. The van der Waals surface area contributed by atoms with E-state index in [1.54, 1.807) is 0 Å². The van der Waals surface area contributed by atoms with Gasteiger partial charge in [0.2, 0.25) is 5.91 Å². The summed E-state index contributed by atoms with van der Waals surface area (Å²) < 4.78 is 0.728. The lowest BCUT2D eigenvalue weighted by atomic mass is 10.1. The molecule has 1 rings (SSSR count). The van der Waals surface area contributed by atoms with Crippen molar-refractivity contribution in [3.63, 3.8) is 0 Å². The van der Waals surface area contributed by atoms with Gasteiger partial charge in [0.05, 0.1) is 5.25 Å². The highest BCUT2D eigenvalue weighted by Gasteiger charge is 2.27. The Morgan fingerprint density at radius 1 is 1.33 bits per heavy atom. The Morgan fingerprint density at radius 3 is 2.33 bits per heavy atom. The second-order valence-corrected chi connectivity index (χ2v) is 6.37. The van der Waals surface area contributed by atoms with Crippen molar-refractivity contribution in [3.05, 3.63) is 0 Å². The van der Waals surface area contributed by atoms with Crippen LogP contribution in [-0.2, 0) is 4.79 Å². The van der Waals surface area contributed by atoms with Gasteiger partial charge in [0.1, 0.15) is 4.32 Å². The minimum atomic E-state index is -0.821. The minimum Gasteiger partial charge on any atom is -0.358 e. The van der Waals surface area contributed by atoms with Crippen LogP contribution in [0.15, 0.2) is 0 Å². The molecule has 1 atom stereocenters. The standard InChI is InChI=1S/C11H19N3O2S2/c1-7(2)8(9(15)13-10(12)16)18-11(17)14-5-3-4-6-14/h7-8H,3-6H2,1-2H3,(H3,12,13,15,16)/t8-/m1/s1. The summed E-state index contributed by atoms with van der Waals surface area (Å²) in [6.07, 6.45) is 2.28. The summed E-state index contributed by atoms with van der Waals surface area (Å²) in [5.74, 6) is -0.293. The maximum absolute atomic E-state index is 11.8. The quantitative estimate of drug-likeness (QED) is 0.766. The number of thioether (sulfide) groups is 1. The van der Waals surface area contributed by atoms with Crippen molar-refractivity contribution >= 4 is 40.2 Å². The van der Waals surface area contributed by atoms with E-state index in [0.717, 1.165) is 30.3 Å². The van der Waals surface area contributed by atoms with Crippen molar-refractivity contribution in [1.82, 2.24) is 10.2 Å². The Balaban J connectivity index is 2.59. The number of rotatable bonds is 3. The molecule has 0 spiro atoms. The van der Waals surface area contributed by atoms with Crippen molar-refractivity contribution < 1.29 is 9.59 Å². The van der Waals surface area contributed by atoms with Crippen LogP contribution in [0, 0.1) is 5.92 Å². The predicted molar refractivity (Wildman–Crippen MR) is 77.3 cm³/mol. The van der Waals surface area contributed by atoms with Crippen LogP contribution in [0.4, 0.5) is 4.79 Å². The highest BCUT2D eigenvalue weighted by atomic mass is 32.2. The number of thiocarbonyl (C=S) groups is 1. The molecule has 3 amide bonds. The molecular formula is C11H19N3O2S2. The molecule has 5 nitrogen and oxygen atoms in total. The van der Waals surface area contributed by atoms with Gasteiger partial charge in [-0.2, -0.15) is 0 Å². The van der Waals surface area contributed by atoms with E-state index in [2.05, 4.69) is 10.2 Å². The highest BCUT2D eigenvalue weighted by molar-refractivity contribution is 8.23. The number of hydrogen-bond donors (Lipinski definition) is 2. The van der Waals surface area contributed by atoms with E-state index in [1.165, 1.54) is 11.8 Å². The SMILES string of the molecule is CC(C)[C@@H](SC(=S)N1CCCC1)C(=O)NC(N)=O. The summed E-state index contributed by atoms with van der Waals surface area (Å²) in [7, 11) is 0. The molecule has 0 saturated carbocycles. The van der Waals surface area contributed by atoms with Crippen LogP contribution in [0.1, 0.15) is 26.7 Å². The highest BCUT2D eigenvalue weighted by Crippen LogP contribution is 2.25. The van der Waals surface area contributed by atoms with Crippen LogP contribution < -0.4 is 11.1 Å². The van der Waals surface area contributed by atoms with Crippen molar-refractivity contribution in [1.29, 1.82) is 0 Å². The fourth-order valence-electron chi connectivity index (χ4n) is 1.77. The molecule has 0 aromatic heterocycles. The number of nitrogens with one attached hydrogen (secondary N) is 1. The van der Waals surface area contributed by atoms with Gasteiger partial charge in [-0.25, -0.2) is 4.79 Å². The molecule has 0 radical (unpaired) electrons. The normalized spacial score (nSPS) is 16.7. The van der Waals surface area contributed by atoms with Crippen LogP contribution in [0.2, 0.25) is 0 Å². The minimum absolute atomic E-state index is 0.0786. The van der Waals surface area contributed by atoms with Crippen molar-refractivity contribution in [2.24, 2.45) is 11.7 Å². The summed E-state index contributed by atoms with van der Waals surface area (Å²) in [6.45, 7) is 5.75. The molecule has 1 aliphatic rings. The lowest BCUT2D eigenvalue weighted by Gasteiger charge is -2.24. The van der Waals surface area contributed by atoms with Crippen molar-refractivity contribution in [2.75, 3.05) is 13.1 Å². The average Bonchev–Trinajstić information content (AvgIpc) is 2.77. The topological polar surface area (TPSA) is 75.4 Å². The van der Waals surface area contributed by atoms with E-state index >= 15 is 0 Å². The fraction of sp³-hybridized carbons (Fsp3) is 0.727. The number of likely N-dealkylation sites (tertiary alicyclic amines) is 1. The molecule has 7 heteroatoms. The van der Waals surface area contributed by atoms with Gasteiger partial charge in [0.25, 0.3) is 0 Å². The number of hydrogen-bond acceptors (Lipinski definition) is 4. The van der Waals surface area contributed by atoms with Crippen LogP contribution in [-0.4, -0.2) is 39.5 Å². The van der Waals surface area contributed by atoms with Crippen molar-refractivity contribution in [2.45, 2.75) is 31.9 Å². The van der Waals surface area contributed by atoms with E-state index in [-0.39, 0.29) is 17.1 Å². The maximum atomic E-state index is 11.8. The summed E-state index contributed by atoms with van der Waals surface area (Å²) in [5, 5.41) is 1.74. The Bertz CT molecular complexity index is 341. The first-order chi connectivity index (χ1) is 8.41. The van der Waals surface area contributed by atoms with E-state index in [4.69, 9.17) is 18.0 Å². The number of carbonyl (C=O) groups excluding carboxylic acids is 2. The Kier molecular flexibility index (Phi) is 5.87. The van der Waals surface area contributed by atoms with Gasteiger partial charge >= 0.3 is 6.03 Å². The molecule has 3 N–H and O–H groups in total. The first kappa shape index (κ1) is 15.2. The number of nitrogens with zero attached hydrogens (tertiary/aromatic N) is 1. The molecule has 0 aromatic rings.